The molecule has 0 saturated carbocycles. The Morgan fingerprint density at radius 1 is 1.11 bits per heavy atom. The van der Waals surface area contributed by atoms with Crippen molar-refractivity contribution >= 4 is 33.0 Å². The van der Waals surface area contributed by atoms with Gasteiger partial charge in [-0.15, -0.1) is 10.2 Å². The van der Waals surface area contributed by atoms with E-state index in [9.17, 15) is 17.6 Å². The Labute approximate surface area is 165 Å². The number of benzene rings is 2. The monoisotopic (exact) mass is 420 g/mol. The van der Waals surface area contributed by atoms with Crippen LogP contribution in [0.15, 0.2) is 47.4 Å². The van der Waals surface area contributed by atoms with Gasteiger partial charge in [-0.3, -0.25) is 4.79 Å². The second-order valence-electron chi connectivity index (χ2n) is 6.01. The number of carbonyl (C=O) groups excluding carboxylic acids is 1. The quantitative estimate of drug-likeness (QED) is 0.638. The van der Waals surface area contributed by atoms with Crippen molar-refractivity contribution in [2.45, 2.75) is 25.3 Å². The molecule has 2 aromatic carbocycles. The highest BCUT2D eigenvalue weighted by molar-refractivity contribution is 7.89. The molecule has 0 aliphatic rings. The third-order valence-electron chi connectivity index (χ3n) is 3.99. The molecule has 0 saturated heterocycles. The van der Waals surface area contributed by atoms with Gasteiger partial charge in [0.2, 0.25) is 15.0 Å². The number of halogens is 1. The van der Waals surface area contributed by atoms with E-state index in [4.69, 9.17) is 0 Å². The molecule has 1 amide bonds. The number of aromatic nitrogens is 2. The number of anilines is 1. The van der Waals surface area contributed by atoms with E-state index >= 15 is 0 Å². The third-order valence-corrected chi connectivity index (χ3v) is 6.31. The highest BCUT2D eigenvalue weighted by Gasteiger charge is 2.18. The Kier molecular flexibility index (Phi) is 5.82. The molecule has 0 radical (unpaired) electrons. The van der Waals surface area contributed by atoms with E-state index in [0.717, 1.165) is 22.5 Å². The van der Waals surface area contributed by atoms with Crippen LogP contribution in [0.5, 0.6) is 0 Å². The van der Waals surface area contributed by atoms with Gasteiger partial charge < -0.3 is 5.32 Å². The van der Waals surface area contributed by atoms with Crippen molar-refractivity contribution in [1.29, 1.82) is 0 Å². The van der Waals surface area contributed by atoms with Gasteiger partial charge in [0.1, 0.15) is 10.8 Å². The number of nitrogens with zero attached hydrogens (tertiary/aromatic N) is 2. The fourth-order valence-corrected chi connectivity index (χ4v) is 4.11. The van der Waals surface area contributed by atoms with Gasteiger partial charge in [-0.05, 0) is 49.2 Å². The predicted molar refractivity (Wildman–Crippen MR) is 104 cm³/mol. The van der Waals surface area contributed by atoms with E-state index < -0.39 is 21.7 Å². The lowest BCUT2D eigenvalue weighted by molar-refractivity contribution is 0.102. The van der Waals surface area contributed by atoms with Gasteiger partial charge in [0.15, 0.2) is 0 Å². The molecular weight excluding hydrogens is 403 g/mol. The van der Waals surface area contributed by atoms with Crippen LogP contribution in [0, 0.1) is 19.7 Å². The van der Waals surface area contributed by atoms with Crippen LogP contribution in [0.4, 0.5) is 10.1 Å². The average molecular weight is 420 g/mol. The first-order valence-corrected chi connectivity index (χ1v) is 10.5. The largest absolute Gasteiger partial charge is 0.317 e. The Morgan fingerprint density at radius 3 is 2.57 bits per heavy atom. The summed E-state index contributed by atoms with van der Waals surface area (Å²) < 4.78 is 40.9. The summed E-state index contributed by atoms with van der Waals surface area (Å²) in [6, 6.07) is 10.6. The fourth-order valence-electron chi connectivity index (χ4n) is 2.28. The Morgan fingerprint density at radius 2 is 1.86 bits per heavy atom. The van der Waals surface area contributed by atoms with Crippen molar-refractivity contribution in [2.75, 3.05) is 5.32 Å². The topological polar surface area (TPSA) is 101 Å². The molecule has 146 valence electrons. The molecule has 0 unspecified atom stereocenters. The van der Waals surface area contributed by atoms with Gasteiger partial charge in [0.05, 0.1) is 17.1 Å². The smallest absolute Gasteiger partial charge is 0.286 e. The fraction of sp³-hybridized carbons (Fsp3) is 0.167. The number of aryl methyl sites for hydroxylation is 2. The number of hydrogen-bond donors (Lipinski definition) is 2. The zero-order valence-corrected chi connectivity index (χ0v) is 16.7. The Balaban J connectivity index is 1.66. The average Bonchev–Trinajstić information content (AvgIpc) is 3.13. The van der Waals surface area contributed by atoms with Gasteiger partial charge in [-0.1, -0.05) is 29.5 Å². The maximum absolute atomic E-state index is 13.6. The minimum absolute atomic E-state index is 0.00336. The zero-order chi connectivity index (χ0) is 20.3. The summed E-state index contributed by atoms with van der Waals surface area (Å²) in [6.07, 6.45) is 0. The van der Waals surface area contributed by atoms with Crippen molar-refractivity contribution in [3.63, 3.8) is 0 Å². The molecule has 0 bridgehead atoms. The van der Waals surface area contributed by atoms with Crippen LogP contribution in [0.2, 0.25) is 0 Å². The van der Waals surface area contributed by atoms with Crippen LogP contribution in [0.25, 0.3) is 0 Å². The SMILES string of the molecule is Cc1ccc(S(=O)(=O)NCc2nnc(C(=O)Nc3ccccc3F)s2)cc1C. The minimum atomic E-state index is -3.72. The Hall–Kier alpha value is -2.69. The molecule has 0 atom stereocenters. The van der Waals surface area contributed by atoms with Crippen LogP contribution in [0.3, 0.4) is 0 Å². The first-order valence-electron chi connectivity index (χ1n) is 8.21. The lowest BCUT2D eigenvalue weighted by atomic mass is 10.1. The third kappa shape index (κ3) is 4.58. The van der Waals surface area contributed by atoms with Gasteiger partial charge in [-0.25, -0.2) is 17.5 Å². The molecule has 1 heterocycles. The molecule has 2 N–H and O–H groups in total. The van der Waals surface area contributed by atoms with E-state index in [2.05, 4.69) is 20.2 Å². The van der Waals surface area contributed by atoms with E-state index in [1.165, 1.54) is 24.3 Å². The number of rotatable bonds is 6. The molecule has 3 rings (SSSR count). The summed E-state index contributed by atoms with van der Waals surface area (Å²) in [5, 5.41) is 10.3. The first-order chi connectivity index (χ1) is 13.3. The van der Waals surface area contributed by atoms with Crippen LogP contribution in [-0.4, -0.2) is 24.5 Å². The molecule has 0 fully saturated rings. The van der Waals surface area contributed by atoms with Crippen LogP contribution >= 0.6 is 11.3 Å². The molecular formula is C18H17FN4O3S2. The van der Waals surface area contributed by atoms with Crippen LogP contribution < -0.4 is 10.0 Å². The van der Waals surface area contributed by atoms with E-state index in [1.807, 2.05) is 13.8 Å². The number of amides is 1. The van der Waals surface area contributed by atoms with E-state index in [0.29, 0.717) is 5.01 Å². The highest BCUT2D eigenvalue weighted by atomic mass is 32.2. The maximum Gasteiger partial charge on any atom is 0.286 e. The molecule has 0 aliphatic carbocycles. The summed E-state index contributed by atoms with van der Waals surface area (Å²) in [4.78, 5) is 12.3. The molecule has 0 aliphatic heterocycles. The van der Waals surface area contributed by atoms with Crippen molar-refractivity contribution < 1.29 is 17.6 Å². The van der Waals surface area contributed by atoms with Gasteiger partial charge in [0, 0.05) is 0 Å². The van der Waals surface area contributed by atoms with Gasteiger partial charge >= 0.3 is 0 Å². The second-order valence-corrected chi connectivity index (χ2v) is 8.83. The van der Waals surface area contributed by atoms with Crippen molar-refractivity contribution in [3.05, 3.63) is 69.4 Å². The number of carbonyl (C=O) groups is 1. The summed E-state index contributed by atoms with van der Waals surface area (Å²) in [7, 11) is -3.72. The Bertz CT molecular complexity index is 1130. The number of hydrogen-bond acceptors (Lipinski definition) is 6. The number of sulfonamides is 1. The van der Waals surface area contributed by atoms with Gasteiger partial charge in [-0.2, -0.15) is 0 Å². The number of para-hydroxylation sites is 1. The minimum Gasteiger partial charge on any atom is -0.317 e. The molecule has 0 spiro atoms. The van der Waals surface area contributed by atoms with Crippen molar-refractivity contribution in [2.24, 2.45) is 0 Å². The standard InChI is InChI=1S/C18H17FN4O3S2/c1-11-7-8-13(9-12(11)2)28(25,26)20-10-16-22-23-18(27-16)17(24)21-15-6-4-3-5-14(15)19/h3-9,20H,10H2,1-2H3,(H,21,24). The lowest BCUT2D eigenvalue weighted by Crippen LogP contribution is -2.23. The summed E-state index contributed by atoms with van der Waals surface area (Å²) >= 11 is 0.924. The summed E-state index contributed by atoms with van der Waals surface area (Å²) in [5.41, 5.74) is 1.89. The van der Waals surface area contributed by atoms with E-state index in [-0.39, 0.29) is 22.1 Å². The molecule has 7 nitrogen and oxygen atoms in total. The molecule has 3 aromatic rings. The normalized spacial score (nSPS) is 11.4. The first kappa shape index (κ1) is 20.1. The highest BCUT2D eigenvalue weighted by Crippen LogP contribution is 2.18. The van der Waals surface area contributed by atoms with Crippen LogP contribution in [-0.2, 0) is 16.6 Å². The second kappa shape index (κ2) is 8.13. The predicted octanol–water partition coefficient (Wildman–Crippen LogP) is 3.02. The molecule has 10 heteroatoms. The summed E-state index contributed by atoms with van der Waals surface area (Å²) in [5.74, 6) is -1.19. The van der Waals surface area contributed by atoms with Gasteiger partial charge in [0.25, 0.3) is 5.91 Å². The molecule has 28 heavy (non-hydrogen) atoms. The molecule has 1 aromatic heterocycles. The maximum atomic E-state index is 13.6. The zero-order valence-electron chi connectivity index (χ0n) is 15.1. The number of nitrogens with one attached hydrogen (secondary N) is 2. The summed E-state index contributed by atoms with van der Waals surface area (Å²) in [6.45, 7) is 3.62. The van der Waals surface area contributed by atoms with Crippen molar-refractivity contribution in [1.82, 2.24) is 14.9 Å². The van der Waals surface area contributed by atoms with Crippen LogP contribution in [0.1, 0.15) is 25.9 Å². The lowest BCUT2D eigenvalue weighted by Gasteiger charge is -2.07. The van der Waals surface area contributed by atoms with Crippen molar-refractivity contribution in [3.8, 4) is 0 Å². The van der Waals surface area contributed by atoms with E-state index in [1.54, 1.807) is 18.2 Å².